The second-order valence-electron chi connectivity index (χ2n) is 5.21. The van der Waals surface area contributed by atoms with Crippen LogP contribution in [0.4, 0.5) is 0 Å². The molecule has 0 fully saturated rings. The van der Waals surface area contributed by atoms with Crippen LogP contribution >= 0.6 is 0 Å². The van der Waals surface area contributed by atoms with Gasteiger partial charge in [-0.3, -0.25) is 4.21 Å². The van der Waals surface area contributed by atoms with E-state index in [0.717, 1.165) is 12.0 Å². The number of benzene rings is 1. The van der Waals surface area contributed by atoms with Crippen molar-refractivity contribution in [2.24, 2.45) is 11.7 Å². The minimum absolute atomic E-state index is 0.247. The molecular formula is C15H25NO3S. The Bertz CT molecular complexity index is 449. The fourth-order valence-corrected chi connectivity index (χ4v) is 3.32. The predicted octanol–water partition coefficient (Wildman–Crippen LogP) is 2.50. The average molecular weight is 299 g/mol. The molecule has 0 spiro atoms. The summed E-state index contributed by atoms with van der Waals surface area (Å²) in [4.78, 5) is 0. The van der Waals surface area contributed by atoms with Crippen molar-refractivity contribution < 1.29 is 13.7 Å². The van der Waals surface area contributed by atoms with Crippen molar-refractivity contribution in [3.8, 4) is 11.5 Å². The number of ether oxygens (including phenoxy) is 2. The van der Waals surface area contributed by atoms with Crippen LogP contribution in [0.5, 0.6) is 11.5 Å². The summed E-state index contributed by atoms with van der Waals surface area (Å²) in [6, 6.07) is 5.32. The van der Waals surface area contributed by atoms with Gasteiger partial charge < -0.3 is 15.2 Å². The van der Waals surface area contributed by atoms with Crippen molar-refractivity contribution in [1.29, 1.82) is 0 Å². The van der Waals surface area contributed by atoms with Crippen LogP contribution in [-0.4, -0.2) is 29.9 Å². The summed E-state index contributed by atoms with van der Waals surface area (Å²) in [7, 11) is 2.30. The van der Waals surface area contributed by atoms with Gasteiger partial charge >= 0.3 is 0 Å². The first-order chi connectivity index (χ1) is 9.47. The summed E-state index contributed by atoms with van der Waals surface area (Å²) in [6.45, 7) is 4.26. The zero-order valence-corrected chi connectivity index (χ0v) is 13.5. The van der Waals surface area contributed by atoms with E-state index in [0.29, 0.717) is 28.9 Å². The SMILES string of the molecule is COc1ccc(C(N)CS(=O)CCC(C)C)cc1OC. The molecule has 0 bridgehead atoms. The van der Waals surface area contributed by atoms with E-state index in [9.17, 15) is 4.21 Å². The zero-order valence-electron chi connectivity index (χ0n) is 12.7. The molecule has 2 atom stereocenters. The van der Waals surface area contributed by atoms with E-state index >= 15 is 0 Å². The van der Waals surface area contributed by atoms with E-state index in [-0.39, 0.29) is 6.04 Å². The van der Waals surface area contributed by atoms with Gasteiger partial charge in [0.1, 0.15) is 0 Å². The normalized spacial score (nSPS) is 14.1. The fraction of sp³-hybridized carbons (Fsp3) is 0.600. The fourth-order valence-electron chi connectivity index (χ4n) is 1.83. The summed E-state index contributed by atoms with van der Waals surface area (Å²) in [5, 5.41) is 0. The third kappa shape index (κ3) is 5.13. The van der Waals surface area contributed by atoms with Gasteiger partial charge in [-0.05, 0) is 30.0 Å². The molecule has 1 aromatic carbocycles. The van der Waals surface area contributed by atoms with E-state index in [1.165, 1.54) is 0 Å². The van der Waals surface area contributed by atoms with E-state index in [4.69, 9.17) is 15.2 Å². The highest BCUT2D eigenvalue weighted by molar-refractivity contribution is 7.85. The largest absolute Gasteiger partial charge is 0.493 e. The van der Waals surface area contributed by atoms with Crippen LogP contribution in [-0.2, 0) is 10.8 Å². The molecule has 0 aliphatic rings. The quantitative estimate of drug-likeness (QED) is 0.801. The lowest BCUT2D eigenvalue weighted by atomic mass is 10.1. The second kappa shape index (κ2) is 8.27. The molecule has 0 aromatic heterocycles. The Morgan fingerprint density at radius 2 is 1.85 bits per heavy atom. The molecule has 0 aliphatic heterocycles. The molecule has 0 radical (unpaired) electrons. The monoisotopic (exact) mass is 299 g/mol. The van der Waals surface area contributed by atoms with E-state index in [1.54, 1.807) is 14.2 Å². The predicted molar refractivity (Wildman–Crippen MR) is 83.8 cm³/mol. The van der Waals surface area contributed by atoms with Gasteiger partial charge in [-0.2, -0.15) is 0 Å². The van der Waals surface area contributed by atoms with Crippen LogP contribution in [0, 0.1) is 5.92 Å². The van der Waals surface area contributed by atoms with Crippen LogP contribution in [0.15, 0.2) is 18.2 Å². The number of hydrogen-bond donors (Lipinski definition) is 1. The average Bonchev–Trinajstić information content (AvgIpc) is 2.44. The topological polar surface area (TPSA) is 61.5 Å². The van der Waals surface area contributed by atoms with Crippen LogP contribution in [0.3, 0.4) is 0 Å². The molecule has 5 heteroatoms. The molecule has 1 rings (SSSR count). The summed E-state index contributed by atoms with van der Waals surface area (Å²) in [6.07, 6.45) is 0.964. The van der Waals surface area contributed by atoms with Gasteiger partial charge in [0.25, 0.3) is 0 Å². The number of hydrogen-bond acceptors (Lipinski definition) is 4. The Balaban J connectivity index is 2.67. The molecule has 114 valence electrons. The van der Waals surface area contributed by atoms with Gasteiger partial charge in [-0.1, -0.05) is 19.9 Å². The molecule has 1 aromatic rings. The van der Waals surface area contributed by atoms with Crippen molar-refractivity contribution in [3.63, 3.8) is 0 Å². The van der Waals surface area contributed by atoms with Gasteiger partial charge in [-0.25, -0.2) is 0 Å². The second-order valence-corrected chi connectivity index (χ2v) is 6.84. The third-order valence-electron chi connectivity index (χ3n) is 3.12. The van der Waals surface area contributed by atoms with E-state index in [1.807, 2.05) is 18.2 Å². The molecule has 2 N–H and O–H groups in total. The summed E-state index contributed by atoms with van der Waals surface area (Å²) in [5.41, 5.74) is 7.05. The molecule has 0 aliphatic carbocycles. The van der Waals surface area contributed by atoms with Crippen molar-refractivity contribution in [1.82, 2.24) is 0 Å². The maximum Gasteiger partial charge on any atom is 0.161 e. The first-order valence-electron chi connectivity index (χ1n) is 6.80. The van der Waals surface area contributed by atoms with Crippen molar-refractivity contribution >= 4 is 10.8 Å². The Hall–Kier alpha value is -1.07. The first kappa shape index (κ1) is 17.0. The first-order valence-corrected chi connectivity index (χ1v) is 8.29. The Labute approximate surface area is 124 Å². The smallest absolute Gasteiger partial charge is 0.161 e. The molecule has 20 heavy (non-hydrogen) atoms. The third-order valence-corrected chi connectivity index (χ3v) is 4.55. The Morgan fingerprint density at radius 3 is 2.40 bits per heavy atom. The highest BCUT2D eigenvalue weighted by Crippen LogP contribution is 2.29. The van der Waals surface area contributed by atoms with Gasteiger partial charge in [0.05, 0.1) is 14.2 Å². The molecule has 0 saturated heterocycles. The minimum atomic E-state index is -0.884. The number of nitrogens with two attached hydrogens (primary N) is 1. The summed E-state index contributed by atoms with van der Waals surface area (Å²) < 4.78 is 22.4. The molecular weight excluding hydrogens is 274 g/mol. The number of methoxy groups -OCH3 is 2. The van der Waals surface area contributed by atoms with Crippen LogP contribution in [0.1, 0.15) is 31.9 Å². The standard InChI is InChI=1S/C15H25NO3S/c1-11(2)7-8-20(17)10-13(16)12-5-6-14(18-3)15(9-12)19-4/h5-6,9,11,13H,7-8,10,16H2,1-4H3. The van der Waals surface area contributed by atoms with Gasteiger partial charge in [0, 0.05) is 28.3 Å². The highest BCUT2D eigenvalue weighted by Gasteiger charge is 2.13. The van der Waals surface area contributed by atoms with Crippen LogP contribution in [0.2, 0.25) is 0 Å². The Morgan fingerprint density at radius 1 is 1.20 bits per heavy atom. The molecule has 0 amide bonds. The molecule has 2 unspecified atom stereocenters. The van der Waals surface area contributed by atoms with Crippen molar-refractivity contribution in [2.45, 2.75) is 26.3 Å². The van der Waals surface area contributed by atoms with E-state index in [2.05, 4.69) is 13.8 Å². The van der Waals surface area contributed by atoms with Crippen molar-refractivity contribution in [3.05, 3.63) is 23.8 Å². The molecule has 0 saturated carbocycles. The maximum absolute atomic E-state index is 12.0. The van der Waals surface area contributed by atoms with Gasteiger partial charge in [0.15, 0.2) is 11.5 Å². The summed E-state index contributed by atoms with van der Waals surface area (Å²) in [5.74, 6) is 3.06. The van der Waals surface area contributed by atoms with Crippen LogP contribution < -0.4 is 15.2 Å². The minimum Gasteiger partial charge on any atom is -0.493 e. The van der Waals surface area contributed by atoms with E-state index < -0.39 is 10.8 Å². The van der Waals surface area contributed by atoms with Crippen molar-refractivity contribution in [2.75, 3.05) is 25.7 Å². The lowest BCUT2D eigenvalue weighted by Crippen LogP contribution is -2.20. The molecule has 4 nitrogen and oxygen atoms in total. The van der Waals surface area contributed by atoms with Gasteiger partial charge in [0.2, 0.25) is 0 Å². The van der Waals surface area contributed by atoms with Gasteiger partial charge in [-0.15, -0.1) is 0 Å². The summed E-state index contributed by atoms with van der Waals surface area (Å²) >= 11 is 0. The zero-order chi connectivity index (χ0) is 15.1. The lowest BCUT2D eigenvalue weighted by Gasteiger charge is -2.15. The van der Waals surface area contributed by atoms with Crippen LogP contribution in [0.25, 0.3) is 0 Å². The molecule has 0 heterocycles. The number of rotatable bonds is 8. The lowest BCUT2D eigenvalue weighted by molar-refractivity contribution is 0.354. The Kier molecular flexibility index (Phi) is 7.02. The highest BCUT2D eigenvalue weighted by atomic mass is 32.2. The maximum atomic E-state index is 12.0.